The molecule has 0 atom stereocenters. The first-order valence-electron chi connectivity index (χ1n) is 15.3. The van der Waals surface area contributed by atoms with Gasteiger partial charge in [-0.2, -0.15) is 0 Å². The third-order valence-electron chi connectivity index (χ3n) is 6.89. The Balaban J connectivity index is 1.27. The Labute approximate surface area is 298 Å². The van der Waals surface area contributed by atoms with Gasteiger partial charge in [-0.15, -0.1) is 0 Å². The molecule has 4 aromatic rings. The van der Waals surface area contributed by atoms with Crippen molar-refractivity contribution in [1.29, 1.82) is 0 Å². The first-order chi connectivity index (χ1) is 23.7. The summed E-state index contributed by atoms with van der Waals surface area (Å²) in [4.78, 5) is 48.9. The van der Waals surface area contributed by atoms with Crippen molar-refractivity contribution in [2.75, 3.05) is 20.3 Å². The first kappa shape index (κ1) is 36.4. The van der Waals surface area contributed by atoms with Crippen LogP contribution in [-0.4, -0.2) is 44.2 Å². The molecule has 0 aromatic heterocycles. The standard InChI is InChI=1S/C39H33IO9/c1-3-36(41)47-25-7-5-4-6-24-46-32-20-12-28(13-21-32)9-8-27-10-14-29(15-11-27)37(42)48-33-22-23-35(34(26-33)39(44)45-2)49-38(43)30-16-18-31(40)19-17-30/h3,10-23,26H,1,4-7,24-25H2,2H3. The molecule has 49 heavy (non-hydrogen) atoms. The van der Waals surface area contributed by atoms with Gasteiger partial charge in [-0.05, 0) is 139 Å². The monoisotopic (exact) mass is 772 g/mol. The summed E-state index contributed by atoms with van der Waals surface area (Å²) in [5, 5.41) is 0. The van der Waals surface area contributed by atoms with E-state index >= 15 is 0 Å². The third-order valence-corrected chi connectivity index (χ3v) is 7.61. The molecule has 0 aliphatic carbocycles. The maximum atomic E-state index is 12.9. The lowest BCUT2D eigenvalue weighted by Crippen LogP contribution is -2.13. The van der Waals surface area contributed by atoms with E-state index in [1.165, 1.54) is 25.3 Å². The summed E-state index contributed by atoms with van der Waals surface area (Å²) in [5.74, 6) is 4.50. The summed E-state index contributed by atoms with van der Waals surface area (Å²) in [6.07, 6.45) is 4.79. The van der Waals surface area contributed by atoms with Crippen molar-refractivity contribution in [3.63, 3.8) is 0 Å². The van der Waals surface area contributed by atoms with Gasteiger partial charge >= 0.3 is 23.9 Å². The van der Waals surface area contributed by atoms with Crippen molar-refractivity contribution in [2.45, 2.75) is 25.7 Å². The first-order valence-corrected chi connectivity index (χ1v) is 16.4. The zero-order valence-electron chi connectivity index (χ0n) is 26.7. The molecule has 0 saturated carbocycles. The van der Waals surface area contributed by atoms with Gasteiger partial charge in [0.1, 0.15) is 22.8 Å². The number of carbonyl (C=O) groups is 4. The summed E-state index contributed by atoms with van der Waals surface area (Å²) in [7, 11) is 1.20. The van der Waals surface area contributed by atoms with E-state index < -0.39 is 23.9 Å². The van der Waals surface area contributed by atoms with E-state index in [4.69, 9.17) is 23.7 Å². The molecule has 0 amide bonds. The van der Waals surface area contributed by atoms with Gasteiger partial charge in [0.25, 0.3) is 0 Å². The van der Waals surface area contributed by atoms with Crippen LogP contribution in [0.2, 0.25) is 0 Å². The normalized spacial score (nSPS) is 10.2. The van der Waals surface area contributed by atoms with Gasteiger partial charge in [0.05, 0.1) is 31.5 Å². The summed E-state index contributed by atoms with van der Waals surface area (Å²) in [6.45, 7) is 4.36. The number of carbonyl (C=O) groups excluding carboxylic acids is 4. The zero-order valence-corrected chi connectivity index (χ0v) is 28.9. The van der Waals surface area contributed by atoms with Crippen LogP contribution in [0.3, 0.4) is 0 Å². The highest BCUT2D eigenvalue weighted by Gasteiger charge is 2.20. The minimum Gasteiger partial charge on any atom is -0.494 e. The van der Waals surface area contributed by atoms with Crippen molar-refractivity contribution < 1.29 is 42.9 Å². The van der Waals surface area contributed by atoms with Gasteiger partial charge in [-0.3, -0.25) is 0 Å². The van der Waals surface area contributed by atoms with Crippen LogP contribution in [0, 0.1) is 15.4 Å². The highest BCUT2D eigenvalue weighted by atomic mass is 127. The van der Waals surface area contributed by atoms with Crippen LogP contribution in [0.4, 0.5) is 0 Å². The molecule has 250 valence electrons. The molecule has 0 radical (unpaired) electrons. The number of hydrogen-bond donors (Lipinski definition) is 0. The van der Waals surface area contributed by atoms with Crippen LogP contribution >= 0.6 is 22.6 Å². The Kier molecular flexibility index (Phi) is 14.0. The third kappa shape index (κ3) is 11.7. The molecule has 9 nitrogen and oxygen atoms in total. The fourth-order valence-corrected chi connectivity index (χ4v) is 4.65. The van der Waals surface area contributed by atoms with E-state index in [1.807, 2.05) is 24.3 Å². The summed E-state index contributed by atoms with van der Waals surface area (Å²) in [6, 6.07) is 24.9. The number of benzene rings is 4. The number of halogens is 1. The fourth-order valence-electron chi connectivity index (χ4n) is 4.29. The summed E-state index contributed by atoms with van der Waals surface area (Å²) >= 11 is 2.12. The van der Waals surface area contributed by atoms with Crippen LogP contribution in [0.15, 0.2) is 104 Å². The summed E-state index contributed by atoms with van der Waals surface area (Å²) in [5.41, 5.74) is 2.01. The smallest absolute Gasteiger partial charge is 0.343 e. The van der Waals surface area contributed by atoms with Crippen molar-refractivity contribution in [3.05, 3.63) is 135 Å². The zero-order chi connectivity index (χ0) is 35.0. The molecule has 4 aromatic carbocycles. The van der Waals surface area contributed by atoms with Crippen LogP contribution in [0.5, 0.6) is 17.2 Å². The van der Waals surface area contributed by atoms with E-state index in [0.717, 1.165) is 46.6 Å². The topological polar surface area (TPSA) is 114 Å². The Hall–Kier alpha value is -5.41. The largest absolute Gasteiger partial charge is 0.494 e. The van der Waals surface area contributed by atoms with Gasteiger partial charge in [-0.1, -0.05) is 18.4 Å². The van der Waals surface area contributed by atoms with Crippen molar-refractivity contribution in [2.24, 2.45) is 0 Å². The maximum Gasteiger partial charge on any atom is 0.343 e. The van der Waals surface area contributed by atoms with Crippen molar-refractivity contribution in [3.8, 4) is 29.1 Å². The molecular formula is C39H33IO9. The van der Waals surface area contributed by atoms with E-state index in [-0.39, 0.29) is 22.6 Å². The van der Waals surface area contributed by atoms with Gasteiger partial charge in [0.15, 0.2) is 0 Å². The molecule has 0 aliphatic rings. The number of esters is 4. The second kappa shape index (κ2) is 18.8. The highest BCUT2D eigenvalue weighted by molar-refractivity contribution is 14.1. The predicted octanol–water partition coefficient (Wildman–Crippen LogP) is 7.58. The number of hydrogen-bond acceptors (Lipinski definition) is 9. The minimum absolute atomic E-state index is 0.0331. The van der Waals surface area contributed by atoms with Crippen LogP contribution in [0.25, 0.3) is 0 Å². The minimum atomic E-state index is -0.762. The van der Waals surface area contributed by atoms with Crippen LogP contribution < -0.4 is 14.2 Å². The van der Waals surface area contributed by atoms with Gasteiger partial charge < -0.3 is 23.7 Å². The number of ether oxygens (including phenoxy) is 5. The lowest BCUT2D eigenvalue weighted by atomic mass is 10.1. The molecule has 0 spiro atoms. The second-order valence-electron chi connectivity index (χ2n) is 10.4. The predicted molar refractivity (Wildman–Crippen MR) is 191 cm³/mol. The molecule has 0 bridgehead atoms. The average molecular weight is 773 g/mol. The van der Waals surface area contributed by atoms with Crippen LogP contribution in [-0.2, 0) is 14.3 Å². The fraction of sp³-hybridized carbons (Fsp3) is 0.179. The quantitative estimate of drug-likeness (QED) is 0.0320. The van der Waals surface area contributed by atoms with E-state index in [0.29, 0.717) is 24.3 Å². The molecule has 10 heteroatoms. The number of rotatable bonds is 14. The maximum absolute atomic E-state index is 12.9. The Morgan fingerprint density at radius 1 is 0.673 bits per heavy atom. The molecular weight excluding hydrogens is 739 g/mol. The Bertz CT molecular complexity index is 1840. The van der Waals surface area contributed by atoms with Gasteiger partial charge in [0, 0.05) is 20.8 Å². The molecule has 0 unspecified atom stereocenters. The molecule has 0 saturated heterocycles. The van der Waals surface area contributed by atoms with Crippen molar-refractivity contribution >= 4 is 46.5 Å². The molecule has 0 aliphatic heterocycles. The number of unbranched alkanes of at least 4 members (excludes halogenated alkanes) is 3. The molecule has 0 N–H and O–H groups in total. The van der Waals surface area contributed by atoms with Crippen LogP contribution in [0.1, 0.15) is 67.9 Å². The van der Waals surface area contributed by atoms with E-state index in [1.54, 1.807) is 48.5 Å². The van der Waals surface area contributed by atoms with Gasteiger partial charge in [-0.25, -0.2) is 19.2 Å². The SMILES string of the molecule is C=CC(=O)OCCCCCCOc1ccc(C#Cc2ccc(C(=O)Oc3ccc(OC(=O)c4ccc(I)cc4)c(C(=O)OC)c3)cc2)cc1. The lowest BCUT2D eigenvalue weighted by Gasteiger charge is -2.11. The summed E-state index contributed by atoms with van der Waals surface area (Å²) < 4.78 is 27.5. The van der Waals surface area contributed by atoms with Crippen molar-refractivity contribution in [1.82, 2.24) is 0 Å². The second-order valence-corrected chi connectivity index (χ2v) is 11.7. The molecule has 0 fully saturated rings. The van der Waals surface area contributed by atoms with E-state index in [2.05, 4.69) is 41.0 Å². The number of methoxy groups -OCH3 is 1. The highest BCUT2D eigenvalue weighted by Crippen LogP contribution is 2.27. The van der Waals surface area contributed by atoms with Gasteiger partial charge in [0.2, 0.25) is 0 Å². The lowest BCUT2D eigenvalue weighted by molar-refractivity contribution is -0.137. The Morgan fingerprint density at radius 3 is 1.84 bits per heavy atom. The molecule has 0 heterocycles. The Morgan fingerprint density at radius 2 is 1.22 bits per heavy atom. The van der Waals surface area contributed by atoms with E-state index in [9.17, 15) is 19.2 Å². The average Bonchev–Trinajstić information content (AvgIpc) is 3.12. The molecule has 4 rings (SSSR count).